The van der Waals surface area contributed by atoms with Gasteiger partial charge in [0, 0.05) is 5.56 Å². The van der Waals surface area contributed by atoms with Gasteiger partial charge in [0.05, 0.1) is 0 Å². The fraction of sp³-hybridized carbons (Fsp3) is 0.458. The summed E-state index contributed by atoms with van der Waals surface area (Å²) in [6.07, 6.45) is 5.26. The zero-order valence-electron chi connectivity index (χ0n) is 17.0. The van der Waals surface area contributed by atoms with E-state index in [-0.39, 0.29) is 0 Å². The number of unbranched alkanes of at least 4 members (excludes halogenated alkanes) is 1. The quantitative estimate of drug-likeness (QED) is 0.418. The van der Waals surface area contributed by atoms with E-state index in [9.17, 15) is 4.79 Å². The predicted molar refractivity (Wildman–Crippen MR) is 119 cm³/mol. The van der Waals surface area contributed by atoms with E-state index < -0.39 is 0 Å². The Hall–Kier alpha value is -1.54. The summed E-state index contributed by atoms with van der Waals surface area (Å²) >= 11 is 0. The molecule has 2 aromatic rings. The van der Waals surface area contributed by atoms with Crippen molar-refractivity contribution in [2.45, 2.75) is 53.4 Å². The van der Waals surface area contributed by atoms with Crippen LogP contribution in [0.3, 0.4) is 0 Å². The molecule has 0 bridgehead atoms. The Bertz CT molecular complexity index is 596. The summed E-state index contributed by atoms with van der Waals surface area (Å²) in [5.74, 6) is 3.58. The minimum Gasteiger partial charge on any atom is -0.289 e. The van der Waals surface area contributed by atoms with Gasteiger partial charge in [0.15, 0.2) is 5.75 Å². The van der Waals surface area contributed by atoms with Gasteiger partial charge in [-0.25, -0.2) is 0 Å². The molecule has 0 atom stereocenters. The summed E-state index contributed by atoms with van der Waals surface area (Å²) < 4.78 is 0. The lowest BCUT2D eigenvalue weighted by Crippen LogP contribution is -2.17. The summed E-state index contributed by atoms with van der Waals surface area (Å²) in [5, 5.41) is 0. The Kier molecular flexibility index (Phi) is 11.8. The van der Waals surface area contributed by atoms with E-state index >= 15 is 0 Å². The second-order valence-corrected chi connectivity index (χ2v) is 8.57. The number of rotatable bonds is 5. The number of hydrogen-bond donors (Lipinski definition) is 0. The maximum atomic E-state index is 12.3. The molecule has 1 saturated heterocycles. The maximum absolute atomic E-state index is 12.3. The SMILES string of the molecule is CC.CCCC.O=C(C[S+]1CCCC1)c1ccc(-c2ccccc2)cc1. The van der Waals surface area contributed by atoms with Crippen LogP contribution in [0.15, 0.2) is 54.6 Å². The van der Waals surface area contributed by atoms with E-state index in [1.54, 1.807) is 0 Å². The molecule has 26 heavy (non-hydrogen) atoms. The molecule has 0 spiro atoms. The van der Waals surface area contributed by atoms with Crippen LogP contribution in [-0.2, 0) is 10.9 Å². The highest BCUT2D eigenvalue weighted by Gasteiger charge is 2.27. The first-order valence-electron chi connectivity index (χ1n) is 10.1. The maximum Gasteiger partial charge on any atom is 0.211 e. The highest BCUT2D eigenvalue weighted by molar-refractivity contribution is 7.97. The summed E-state index contributed by atoms with van der Waals surface area (Å²) in [5.41, 5.74) is 3.23. The second-order valence-electron chi connectivity index (χ2n) is 6.24. The molecule has 1 heterocycles. The van der Waals surface area contributed by atoms with E-state index in [0.29, 0.717) is 16.7 Å². The van der Waals surface area contributed by atoms with E-state index in [2.05, 4.69) is 38.1 Å². The highest BCUT2D eigenvalue weighted by atomic mass is 32.2. The topological polar surface area (TPSA) is 17.1 Å². The molecular weight excluding hydrogens is 336 g/mol. The molecule has 0 aromatic heterocycles. The van der Waals surface area contributed by atoms with Crippen molar-refractivity contribution in [3.05, 3.63) is 60.2 Å². The van der Waals surface area contributed by atoms with Gasteiger partial charge in [0.2, 0.25) is 5.78 Å². The molecule has 0 aliphatic carbocycles. The van der Waals surface area contributed by atoms with Crippen molar-refractivity contribution in [1.29, 1.82) is 0 Å². The number of benzene rings is 2. The van der Waals surface area contributed by atoms with E-state index in [4.69, 9.17) is 0 Å². The average Bonchev–Trinajstić information content (AvgIpc) is 3.23. The molecule has 0 N–H and O–H groups in total. The third-order valence-corrected chi connectivity index (χ3v) is 6.67. The number of carbonyl (C=O) groups excluding carboxylic acids is 1. The Morgan fingerprint density at radius 3 is 1.81 bits per heavy atom. The predicted octanol–water partition coefficient (Wildman–Crippen LogP) is 6.78. The van der Waals surface area contributed by atoms with Gasteiger partial charge in [0.25, 0.3) is 0 Å². The first-order chi connectivity index (χ1) is 12.7. The molecule has 0 amide bonds. The van der Waals surface area contributed by atoms with Crippen LogP contribution in [0.5, 0.6) is 0 Å². The molecule has 142 valence electrons. The number of hydrogen-bond acceptors (Lipinski definition) is 1. The van der Waals surface area contributed by atoms with Crippen LogP contribution in [0.1, 0.15) is 63.7 Å². The largest absolute Gasteiger partial charge is 0.289 e. The molecule has 1 nitrogen and oxygen atoms in total. The molecule has 3 rings (SSSR count). The normalized spacial score (nSPS) is 13.2. The Labute approximate surface area is 163 Å². The minimum atomic E-state index is 0.315. The fourth-order valence-electron chi connectivity index (χ4n) is 2.61. The van der Waals surface area contributed by atoms with Crippen molar-refractivity contribution in [2.75, 3.05) is 17.3 Å². The molecule has 1 aliphatic rings. The zero-order chi connectivity index (χ0) is 19.2. The molecule has 0 radical (unpaired) electrons. The fourth-order valence-corrected chi connectivity index (χ4v) is 4.86. The van der Waals surface area contributed by atoms with Crippen molar-refractivity contribution in [2.24, 2.45) is 0 Å². The van der Waals surface area contributed by atoms with Crippen molar-refractivity contribution in [3.8, 4) is 11.1 Å². The number of ketones is 1. The van der Waals surface area contributed by atoms with Crippen LogP contribution < -0.4 is 0 Å². The number of Topliss-reactive ketones (excluding diaryl/α,β-unsaturated/α-hetero) is 1. The van der Waals surface area contributed by atoms with Crippen LogP contribution in [0.4, 0.5) is 0 Å². The van der Waals surface area contributed by atoms with Crippen molar-refractivity contribution in [3.63, 3.8) is 0 Å². The molecule has 2 aromatic carbocycles. The van der Waals surface area contributed by atoms with Crippen LogP contribution in [-0.4, -0.2) is 23.0 Å². The van der Waals surface area contributed by atoms with Gasteiger partial charge >= 0.3 is 0 Å². The van der Waals surface area contributed by atoms with Crippen molar-refractivity contribution in [1.82, 2.24) is 0 Å². The van der Waals surface area contributed by atoms with Crippen LogP contribution in [0.25, 0.3) is 11.1 Å². The summed E-state index contributed by atoms with van der Waals surface area (Å²) in [6, 6.07) is 18.3. The first-order valence-corrected chi connectivity index (χ1v) is 11.8. The smallest absolute Gasteiger partial charge is 0.211 e. The van der Waals surface area contributed by atoms with Crippen LogP contribution in [0.2, 0.25) is 0 Å². The monoisotopic (exact) mass is 371 g/mol. The lowest BCUT2D eigenvalue weighted by Gasteiger charge is -2.04. The van der Waals surface area contributed by atoms with Crippen LogP contribution >= 0.6 is 0 Å². The van der Waals surface area contributed by atoms with Gasteiger partial charge in [-0.2, -0.15) is 0 Å². The summed E-state index contributed by atoms with van der Waals surface area (Å²) in [6.45, 7) is 8.36. The highest BCUT2D eigenvalue weighted by Crippen LogP contribution is 2.20. The Balaban J connectivity index is 0.000000500. The number of carbonyl (C=O) groups is 1. The lowest BCUT2D eigenvalue weighted by molar-refractivity contribution is 0.102. The second kappa shape index (κ2) is 13.6. The Morgan fingerprint density at radius 2 is 1.31 bits per heavy atom. The molecule has 0 unspecified atom stereocenters. The zero-order valence-corrected chi connectivity index (χ0v) is 17.8. The van der Waals surface area contributed by atoms with E-state index in [1.807, 2.05) is 44.2 Å². The van der Waals surface area contributed by atoms with Gasteiger partial charge in [-0.05, 0) is 34.9 Å². The molecule has 0 saturated carbocycles. The summed E-state index contributed by atoms with van der Waals surface area (Å²) in [7, 11) is 0.351. The van der Waals surface area contributed by atoms with Gasteiger partial charge in [-0.1, -0.05) is 95.1 Å². The minimum absolute atomic E-state index is 0.315. The molecular formula is C24H35OS+. The molecule has 1 aliphatic heterocycles. The van der Waals surface area contributed by atoms with Crippen molar-refractivity contribution >= 4 is 16.7 Å². The summed E-state index contributed by atoms with van der Waals surface area (Å²) in [4.78, 5) is 12.3. The molecule has 2 heteroatoms. The van der Waals surface area contributed by atoms with E-state index in [0.717, 1.165) is 11.3 Å². The van der Waals surface area contributed by atoms with E-state index in [1.165, 1.54) is 48.3 Å². The standard InChI is InChI=1S/C18H19OS.C4H10.C2H6/c19-18(14-20-12-4-5-13-20)17-10-8-16(9-11-17)15-6-2-1-3-7-15;1-3-4-2;1-2/h1-3,6-11H,4-5,12-14H2;3-4H2,1-2H3;1-2H3/q+1;;. The Morgan fingerprint density at radius 1 is 0.808 bits per heavy atom. The van der Waals surface area contributed by atoms with Gasteiger partial charge in [-0.15, -0.1) is 0 Å². The molecule has 1 fully saturated rings. The third kappa shape index (κ3) is 7.78. The average molecular weight is 372 g/mol. The van der Waals surface area contributed by atoms with Gasteiger partial charge < -0.3 is 0 Å². The van der Waals surface area contributed by atoms with Crippen LogP contribution in [0, 0.1) is 0 Å². The van der Waals surface area contributed by atoms with Gasteiger partial charge in [0.1, 0.15) is 11.5 Å². The van der Waals surface area contributed by atoms with Gasteiger partial charge in [-0.3, -0.25) is 4.79 Å². The third-order valence-electron chi connectivity index (χ3n) is 4.27. The lowest BCUT2D eigenvalue weighted by atomic mass is 10.0. The van der Waals surface area contributed by atoms with Crippen molar-refractivity contribution < 1.29 is 4.79 Å². The first kappa shape index (κ1) is 22.5.